The van der Waals surface area contributed by atoms with Gasteiger partial charge in [0.25, 0.3) is 0 Å². The van der Waals surface area contributed by atoms with Crippen LogP contribution in [-0.4, -0.2) is 38.7 Å². The minimum atomic E-state index is 0.0192. The van der Waals surface area contributed by atoms with E-state index in [-0.39, 0.29) is 11.8 Å². The molecule has 3 aromatic carbocycles. The number of rotatable bonds is 16. The first-order chi connectivity index (χ1) is 19.0. The highest BCUT2D eigenvalue weighted by atomic mass is 16.5. The maximum atomic E-state index is 13.7. The van der Waals surface area contributed by atoms with Crippen LogP contribution in [0.2, 0.25) is 0 Å². The number of ether oxygens (including phenoxy) is 4. The van der Waals surface area contributed by atoms with E-state index in [1.807, 2.05) is 71.6 Å². The van der Waals surface area contributed by atoms with Crippen molar-refractivity contribution in [3.8, 4) is 23.0 Å². The summed E-state index contributed by atoms with van der Waals surface area (Å²) >= 11 is 0. The maximum absolute atomic E-state index is 13.7. The third-order valence-corrected chi connectivity index (χ3v) is 7.02. The van der Waals surface area contributed by atoms with Crippen LogP contribution in [0, 0.1) is 5.92 Å². The Hall–Kier alpha value is -3.67. The first-order valence-electron chi connectivity index (χ1n) is 13.9. The van der Waals surface area contributed by atoms with Crippen molar-refractivity contribution in [1.82, 2.24) is 4.90 Å². The largest absolute Gasteiger partial charge is 0.493 e. The molecule has 0 N–H and O–H groups in total. The average molecular weight is 534 g/mol. The average Bonchev–Trinajstić information content (AvgIpc) is 2.98. The van der Waals surface area contributed by atoms with E-state index in [4.69, 9.17) is 18.9 Å². The Morgan fingerprint density at radius 1 is 0.769 bits per heavy atom. The lowest BCUT2D eigenvalue weighted by molar-refractivity contribution is -0.136. The zero-order valence-corrected chi connectivity index (χ0v) is 24.1. The molecular weight excluding hydrogens is 490 g/mol. The van der Waals surface area contributed by atoms with Gasteiger partial charge in [-0.3, -0.25) is 4.79 Å². The van der Waals surface area contributed by atoms with Crippen LogP contribution in [0.4, 0.5) is 0 Å². The molecule has 1 unspecified atom stereocenters. The molecule has 3 aromatic rings. The molecular formula is C33H43NO5. The van der Waals surface area contributed by atoms with Gasteiger partial charge in [0.2, 0.25) is 5.91 Å². The van der Waals surface area contributed by atoms with Crippen molar-refractivity contribution in [3.63, 3.8) is 0 Å². The number of carbonyl (C=O) groups is 1. The predicted molar refractivity (Wildman–Crippen MR) is 156 cm³/mol. The van der Waals surface area contributed by atoms with Crippen LogP contribution in [0.3, 0.4) is 0 Å². The topological polar surface area (TPSA) is 57.2 Å². The summed E-state index contributed by atoms with van der Waals surface area (Å²) in [5, 5.41) is 0. The fourth-order valence-corrected chi connectivity index (χ4v) is 4.66. The highest BCUT2D eigenvalue weighted by molar-refractivity contribution is 5.78. The first kappa shape index (κ1) is 29.9. The minimum absolute atomic E-state index is 0.0192. The summed E-state index contributed by atoms with van der Waals surface area (Å²) in [6, 6.07) is 21.9. The fraction of sp³-hybridized carbons (Fsp3) is 0.424. The molecule has 0 aliphatic rings. The van der Waals surface area contributed by atoms with Crippen molar-refractivity contribution in [2.45, 2.75) is 59.1 Å². The molecule has 0 saturated heterocycles. The molecule has 1 amide bonds. The summed E-state index contributed by atoms with van der Waals surface area (Å²) in [6.07, 6.45) is 4.59. The van der Waals surface area contributed by atoms with E-state index in [1.54, 1.807) is 21.3 Å². The second-order valence-electron chi connectivity index (χ2n) is 9.71. The molecule has 0 heterocycles. The minimum Gasteiger partial charge on any atom is -0.493 e. The van der Waals surface area contributed by atoms with Crippen LogP contribution in [0.5, 0.6) is 23.0 Å². The summed E-state index contributed by atoms with van der Waals surface area (Å²) in [6.45, 7) is 5.84. The molecule has 0 aromatic heterocycles. The lowest BCUT2D eigenvalue weighted by Crippen LogP contribution is -2.37. The van der Waals surface area contributed by atoms with Crippen molar-refractivity contribution >= 4 is 5.91 Å². The summed E-state index contributed by atoms with van der Waals surface area (Å²) < 4.78 is 22.6. The molecule has 0 bridgehead atoms. The highest BCUT2D eigenvalue weighted by Gasteiger charge is 2.23. The first-order valence-corrected chi connectivity index (χ1v) is 13.9. The molecule has 0 saturated carbocycles. The number of amides is 1. The Balaban J connectivity index is 1.78. The van der Waals surface area contributed by atoms with Crippen LogP contribution in [-0.2, 0) is 24.4 Å². The Bertz CT molecular complexity index is 1160. The molecule has 0 aliphatic carbocycles. The number of hydrogen-bond donors (Lipinski definition) is 0. The van der Waals surface area contributed by atoms with Gasteiger partial charge in [-0.1, -0.05) is 69.2 Å². The highest BCUT2D eigenvalue weighted by Crippen LogP contribution is 2.31. The Morgan fingerprint density at radius 2 is 1.41 bits per heavy atom. The van der Waals surface area contributed by atoms with Crippen LogP contribution >= 0.6 is 0 Å². The van der Waals surface area contributed by atoms with Crippen molar-refractivity contribution in [2.24, 2.45) is 5.92 Å². The summed E-state index contributed by atoms with van der Waals surface area (Å²) in [4.78, 5) is 15.7. The van der Waals surface area contributed by atoms with Gasteiger partial charge >= 0.3 is 0 Å². The van der Waals surface area contributed by atoms with Crippen molar-refractivity contribution in [1.29, 1.82) is 0 Å². The second-order valence-corrected chi connectivity index (χ2v) is 9.71. The molecule has 3 rings (SSSR count). The number of methoxy groups -OCH3 is 3. The maximum Gasteiger partial charge on any atom is 0.225 e. The van der Waals surface area contributed by atoms with Gasteiger partial charge in [-0.15, -0.1) is 0 Å². The zero-order chi connectivity index (χ0) is 28.0. The molecule has 39 heavy (non-hydrogen) atoms. The van der Waals surface area contributed by atoms with Crippen LogP contribution < -0.4 is 18.9 Å². The van der Waals surface area contributed by atoms with E-state index in [0.717, 1.165) is 42.4 Å². The van der Waals surface area contributed by atoms with Gasteiger partial charge in [0, 0.05) is 19.0 Å². The van der Waals surface area contributed by atoms with Crippen LogP contribution in [0.25, 0.3) is 0 Å². The lowest BCUT2D eigenvalue weighted by atomic mass is 9.97. The molecule has 6 nitrogen and oxygen atoms in total. The second kappa shape index (κ2) is 15.7. The Kier molecular flexibility index (Phi) is 12.0. The standard InChI is InChI=1S/C33H43NO5/c1-6-8-14-28(7-2)33(35)34(20-19-25-15-17-29(36-3)31(21-25)37-4)23-27-16-18-30(32(22-27)38-5)39-24-26-12-10-9-11-13-26/h9-13,15-18,21-22,28H,6-8,14,19-20,23-24H2,1-5H3. The fourth-order valence-electron chi connectivity index (χ4n) is 4.66. The van der Waals surface area contributed by atoms with Gasteiger partial charge in [0.1, 0.15) is 6.61 Å². The number of nitrogens with zero attached hydrogens (tertiary/aromatic N) is 1. The van der Waals surface area contributed by atoms with E-state index in [0.29, 0.717) is 49.1 Å². The van der Waals surface area contributed by atoms with Gasteiger partial charge in [0.15, 0.2) is 23.0 Å². The zero-order valence-electron chi connectivity index (χ0n) is 24.1. The van der Waals surface area contributed by atoms with Gasteiger partial charge in [-0.05, 0) is 60.2 Å². The summed E-state index contributed by atoms with van der Waals surface area (Å²) in [7, 11) is 4.91. The Labute approximate surface area is 233 Å². The molecule has 0 fully saturated rings. The molecule has 6 heteroatoms. The van der Waals surface area contributed by atoms with E-state index in [2.05, 4.69) is 13.8 Å². The van der Waals surface area contributed by atoms with Gasteiger partial charge in [0.05, 0.1) is 21.3 Å². The summed E-state index contributed by atoms with van der Waals surface area (Å²) in [5.74, 6) is 2.96. The number of hydrogen-bond acceptors (Lipinski definition) is 5. The van der Waals surface area contributed by atoms with Crippen LogP contribution in [0.1, 0.15) is 56.2 Å². The van der Waals surface area contributed by atoms with Crippen molar-refractivity contribution < 1.29 is 23.7 Å². The van der Waals surface area contributed by atoms with E-state index < -0.39 is 0 Å². The monoisotopic (exact) mass is 533 g/mol. The molecule has 1 atom stereocenters. The van der Waals surface area contributed by atoms with Crippen molar-refractivity contribution in [2.75, 3.05) is 27.9 Å². The van der Waals surface area contributed by atoms with E-state index in [1.165, 1.54) is 0 Å². The SMILES string of the molecule is CCCCC(CC)C(=O)N(CCc1ccc(OC)c(OC)c1)Cc1ccc(OCc2ccccc2)c(OC)c1. The van der Waals surface area contributed by atoms with E-state index in [9.17, 15) is 4.79 Å². The number of unbranched alkanes of at least 4 members (excludes halogenated alkanes) is 1. The number of carbonyl (C=O) groups excluding carboxylic acids is 1. The van der Waals surface area contributed by atoms with Crippen molar-refractivity contribution in [3.05, 3.63) is 83.4 Å². The van der Waals surface area contributed by atoms with Crippen LogP contribution in [0.15, 0.2) is 66.7 Å². The molecule has 0 aliphatic heterocycles. The normalized spacial score (nSPS) is 11.5. The number of benzene rings is 3. The summed E-state index contributed by atoms with van der Waals surface area (Å²) in [5.41, 5.74) is 3.19. The Morgan fingerprint density at radius 3 is 2.08 bits per heavy atom. The molecule has 0 spiro atoms. The third kappa shape index (κ3) is 8.67. The smallest absolute Gasteiger partial charge is 0.225 e. The lowest BCUT2D eigenvalue weighted by Gasteiger charge is -2.28. The molecule has 0 radical (unpaired) electrons. The molecule has 210 valence electrons. The van der Waals surface area contributed by atoms with E-state index >= 15 is 0 Å². The quantitative estimate of drug-likeness (QED) is 0.197. The van der Waals surface area contributed by atoms with Gasteiger partial charge in [-0.2, -0.15) is 0 Å². The van der Waals surface area contributed by atoms with Gasteiger partial charge < -0.3 is 23.8 Å². The third-order valence-electron chi connectivity index (χ3n) is 7.02. The van der Waals surface area contributed by atoms with Gasteiger partial charge in [-0.25, -0.2) is 0 Å². The predicted octanol–water partition coefficient (Wildman–Crippen LogP) is 7.08.